The number of nitrogens with one attached hydrogen (secondary N) is 2. The Labute approximate surface area is 173 Å². The summed E-state index contributed by atoms with van der Waals surface area (Å²) in [6.07, 6.45) is 5.24. The molecule has 3 aliphatic rings. The van der Waals surface area contributed by atoms with Crippen molar-refractivity contribution in [2.75, 3.05) is 11.9 Å². The van der Waals surface area contributed by atoms with Crippen LogP contribution >= 0.6 is 0 Å². The first-order valence-corrected chi connectivity index (χ1v) is 10.1. The number of amides is 1. The highest BCUT2D eigenvalue weighted by atomic mass is 16.5. The van der Waals surface area contributed by atoms with E-state index in [9.17, 15) is 9.59 Å². The molecule has 0 unspecified atom stereocenters. The van der Waals surface area contributed by atoms with Crippen molar-refractivity contribution in [1.29, 1.82) is 0 Å². The Morgan fingerprint density at radius 1 is 1.37 bits per heavy atom. The summed E-state index contributed by atoms with van der Waals surface area (Å²) < 4.78 is 13.8. The normalized spacial score (nSPS) is 24.8. The molecule has 8 heteroatoms. The molecule has 4 heterocycles. The molecule has 2 aliphatic heterocycles. The molecular weight excluding hydrogens is 384 g/mol. The number of ether oxygens (including phenoxy) is 2. The zero-order valence-corrected chi connectivity index (χ0v) is 17.2. The second kappa shape index (κ2) is 6.43. The van der Waals surface area contributed by atoms with Crippen LogP contribution in [0.2, 0.25) is 0 Å². The molecule has 3 aromatic rings. The van der Waals surface area contributed by atoms with Gasteiger partial charge in [-0.05, 0) is 39.0 Å². The van der Waals surface area contributed by atoms with E-state index in [-0.39, 0.29) is 28.5 Å². The third-order valence-corrected chi connectivity index (χ3v) is 5.86. The number of fused-ring (bicyclic) bond motifs is 2. The lowest BCUT2D eigenvalue weighted by atomic mass is 9.69. The maximum absolute atomic E-state index is 13.0. The van der Waals surface area contributed by atoms with Crippen LogP contribution in [0.25, 0.3) is 10.9 Å². The Morgan fingerprint density at radius 3 is 2.83 bits per heavy atom. The summed E-state index contributed by atoms with van der Waals surface area (Å²) in [5.41, 5.74) is 0.793. The van der Waals surface area contributed by atoms with Crippen LogP contribution in [0.1, 0.15) is 44.0 Å². The van der Waals surface area contributed by atoms with E-state index in [2.05, 4.69) is 17.2 Å². The van der Waals surface area contributed by atoms with E-state index in [1.165, 1.54) is 6.20 Å². The lowest BCUT2D eigenvalue weighted by Gasteiger charge is -2.42. The number of H-pyrrole nitrogens is 1. The highest BCUT2D eigenvalue weighted by molar-refractivity contribution is 6.08. The van der Waals surface area contributed by atoms with E-state index < -0.39 is 5.91 Å². The molecule has 1 aliphatic carbocycles. The molecular formula is C22H24N4O4. The lowest BCUT2D eigenvalue weighted by molar-refractivity contribution is 0.00383. The van der Waals surface area contributed by atoms with Crippen LogP contribution in [0.15, 0.2) is 41.5 Å². The fraction of sp³-hybridized carbons (Fsp3) is 0.409. The number of benzene rings is 1. The molecule has 1 aromatic carbocycles. The highest BCUT2D eigenvalue weighted by Gasteiger charge is 2.61. The SMILES string of the molecule is CC(C)Oc1cc2nn(C34COC(C)(C3)C4)cc2cc1C(=O)Nc1ccc[nH]c1=O. The minimum atomic E-state index is -0.407. The molecule has 156 valence electrons. The quantitative estimate of drug-likeness (QED) is 0.676. The molecule has 1 saturated carbocycles. The minimum Gasteiger partial charge on any atom is -0.490 e. The molecule has 2 N–H and O–H groups in total. The topological polar surface area (TPSA) is 98.2 Å². The second-order valence-corrected chi connectivity index (χ2v) is 8.83. The van der Waals surface area contributed by atoms with Gasteiger partial charge < -0.3 is 19.8 Å². The van der Waals surface area contributed by atoms with Crippen molar-refractivity contribution in [2.24, 2.45) is 0 Å². The van der Waals surface area contributed by atoms with Gasteiger partial charge in [-0.3, -0.25) is 14.3 Å². The second-order valence-electron chi connectivity index (χ2n) is 8.83. The number of anilines is 1. The third kappa shape index (κ3) is 2.99. The third-order valence-electron chi connectivity index (χ3n) is 5.86. The van der Waals surface area contributed by atoms with Gasteiger partial charge >= 0.3 is 0 Å². The maximum atomic E-state index is 13.0. The Morgan fingerprint density at radius 2 is 2.17 bits per heavy atom. The number of hydrogen-bond donors (Lipinski definition) is 2. The molecule has 8 nitrogen and oxygen atoms in total. The largest absolute Gasteiger partial charge is 0.490 e. The molecule has 2 aromatic heterocycles. The Kier molecular flexibility index (Phi) is 4.05. The molecule has 0 radical (unpaired) electrons. The van der Waals surface area contributed by atoms with Crippen LogP contribution in [-0.4, -0.2) is 39.0 Å². The van der Waals surface area contributed by atoms with Gasteiger partial charge in [0.05, 0.1) is 34.9 Å². The average molecular weight is 408 g/mol. The van der Waals surface area contributed by atoms with Gasteiger partial charge in [0.15, 0.2) is 0 Å². The average Bonchev–Trinajstić information content (AvgIpc) is 3.33. The number of aromatic nitrogens is 3. The van der Waals surface area contributed by atoms with Gasteiger partial charge in [-0.2, -0.15) is 5.10 Å². The first-order valence-electron chi connectivity index (χ1n) is 10.1. The molecule has 2 saturated heterocycles. The van der Waals surface area contributed by atoms with E-state index in [0.717, 1.165) is 23.7 Å². The van der Waals surface area contributed by atoms with Crippen molar-refractivity contribution in [1.82, 2.24) is 14.8 Å². The standard InChI is InChI=1S/C22H24N4O4/c1-13(2)30-18-8-17-14(9-26(25-17)22-10-21(3,11-22)29-12-22)7-15(18)19(27)24-16-5-4-6-23-20(16)28/h4-9,13H,10-12H2,1-3H3,(H,23,28)(H,24,27). The van der Waals surface area contributed by atoms with E-state index in [0.29, 0.717) is 17.9 Å². The number of hydrogen-bond acceptors (Lipinski definition) is 5. The van der Waals surface area contributed by atoms with Gasteiger partial charge in [0, 0.05) is 36.7 Å². The summed E-state index contributed by atoms with van der Waals surface area (Å²) in [5.74, 6) is 0.0295. The highest BCUT2D eigenvalue weighted by Crippen LogP contribution is 2.55. The predicted octanol–water partition coefficient (Wildman–Crippen LogP) is 3.04. The van der Waals surface area contributed by atoms with Crippen LogP contribution in [0, 0.1) is 0 Å². The zero-order valence-electron chi connectivity index (χ0n) is 17.2. The fourth-order valence-electron chi connectivity index (χ4n) is 4.62. The van der Waals surface area contributed by atoms with Crippen LogP contribution < -0.4 is 15.6 Å². The molecule has 2 bridgehead atoms. The summed E-state index contributed by atoms with van der Waals surface area (Å²) in [5, 5.41) is 8.29. The number of rotatable bonds is 5. The van der Waals surface area contributed by atoms with Gasteiger partial charge in [-0.25, -0.2) is 0 Å². The Bertz CT molecular complexity index is 1200. The van der Waals surface area contributed by atoms with Gasteiger partial charge in [0.2, 0.25) is 0 Å². The van der Waals surface area contributed by atoms with Gasteiger partial charge in [-0.15, -0.1) is 0 Å². The smallest absolute Gasteiger partial charge is 0.271 e. The summed E-state index contributed by atoms with van der Waals surface area (Å²) in [4.78, 5) is 27.5. The first-order chi connectivity index (χ1) is 14.3. The van der Waals surface area contributed by atoms with E-state index in [4.69, 9.17) is 14.6 Å². The minimum absolute atomic E-state index is 0.0438. The van der Waals surface area contributed by atoms with Crippen molar-refractivity contribution in [3.8, 4) is 5.75 Å². The van der Waals surface area contributed by atoms with E-state index in [1.807, 2.05) is 24.7 Å². The van der Waals surface area contributed by atoms with Gasteiger partial charge in [-0.1, -0.05) is 0 Å². The lowest BCUT2D eigenvalue weighted by Crippen LogP contribution is -2.49. The van der Waals surface area contributed by atoms with Crippen molar-refractivity contribution < 1.29 is 14.3 Å². The Hall–Kier alpha value is -3.13. The molecule has 0 spiro atoms. The summed E-state index contributed by atoms with van der Waals surface area (Å²) in [7, 11) is 0. The van der Waals surface area contributed by atoms with Crippen LogP contribution in [0.3, 0.4) is 0 Å². The van der Waals surface area contributed by atoms with Crippen LogP contribution in [0.4, 0.5) is 5.69 Å². The monoisotopic (exact) mass is 408 g/mol. The van der Waals surface area contributed by atoms with Crippen molar-refractivity contribution >= 4 is 22.5 Å². The fourth-order valence-corrected chi connectivity index (χ4v) is 4.62. The maximum Gasteiger partial charge on any atom is 0.271 e. The first kappa shape index (κ1) is 18.9. The predicted molar refractivity (Wildman–Crippen MR) is 112 cm³/mol. The van der Waals surface area contributed by atoms with Crippen molar-refractivity contribution in [3.63, 3.8) is 0 Å². The summed E-state index contributed by atoms with van der Waals surface area (Å²) in [6, 6.07) is 6.78. The molecule has 0 atom stereocenters. The van der Waals surface area contributed by atoms with Crippen LogP contribution in [0.5, 0.6) is 5.75 Å². The number of carbonyl (C=O) groups excluding carboxylic acids is 1. The van der Waals surface area contributed by atoms with Gasteiger partial charge in [0.1, 0.15) is 11.4 Å². The van der Waals surface area contributed by atoms with Crippen molar-refractivity contribution in [3.05, 3.63) is 52.6 Å². The zero-order chi connectivity index (χ0) is 21.1. The number of pyridine rings is 1. The number of nitrogens with zero attached hydrogens (tertiary/aromatic N) is 2. The summed E-state index contributed by atoms with van der Waals surface area (Å²) >= 11 is 0. The number of aromatic amines is 1. The van der Waals surface area contributed by atoms with Crippen LogP contribution in [-0.2, 0) is 10.3 Å². The molecule has 1 amide bonds. The molecule has 6 rings (SSSR count). The van der Waals surface area contributed by atoms with Crippen molar-refractivity contribution in [2.45, 2.75) is 50.9 Å². The molecule has 30 heavy (non-hydrogen) atoms. The van der Waals surface area contributed by atoms with Gasteiger partial charge in [0.25, 0.3) is 11.5 Å². The summed E-state index contributed by atoms with van der Waals surface area (Å²) in [6.45, 7) is 6.58. The van der Waals surface area contributed by atoms with E-state index in [1.54, 1.807) is 24.3 Å². The Balaban J connectivity index is 1.53. The molecule has 3 fully saturated rings. The number of carbonyl (C=O) groups is 1. The van der Waals surface area contributed by atoms with E-state index >= 15 is 0 Å².